The van der Waals surface area contributed by atoms with Crippen molar-refractivity contribution in [3.05, 3.63) is 65.9 Å². The monoisotopic (exact) mass is 406 g/mol. The number of amides is 1. The number of pyridine rings is 1. The Hall–Kier alpha value is -4.01. The van der Waals surface area contributed by atoms with Crippen molar-refractivity contribution < 1.29 is 14.7 Å². The van der Waals surface area contributed by atoms with Crippen LogP contribution in [0.4, 0.5) is 11.6 Å². The van der Waals surface area contributed by atoms with Crippen molar-refractivity contribution in [1.29, 1.82) is 0 Å². The number of nitrogens with zero attached hydrogens (tertiary/aromatic N) is 4. The second-order valence-electron chi connectivity index (χ2n) is 6.64. The van der Waals surface area contributed by atoms with Crippen LogP contribution in [0.3, 0.4) is 0 Å². The third-order valence-corrected chi connectivity index (χ3v) is 4.27. The Balaban J connectivity index is 1.88. The van der Waals surface area contributed by atoms with Crippen molar-refractivity contribution in [2.24, 2.45) is 5.73 Å². The smallest absolute Gasteiger partial charge is 0.305 e. The zero-order chi connectivity index (χ0) is 21.5. The van der Waals surface area contributed by atoms with Gasteiger partial charge in [0.15, 0.2) is 5.82 Å². The van der Waals surface area contributed by atoms with Crippen LogP contribution in [-0.2, 0) is 11.3 Å². The Labute approximate surface area is 173 Å². The summed E-state index contributed by atoms with van der Waals surface area (Å²) in [5.74, 6) is 0.160. The van der Waals surface area contributed by atoms with Gasteiger partial charge in [0.2, 0.25) is 5.91 Å². The topological polar surface area (TPSA) is 134 Å². The Morgan fingerprint density at radius 3 is 2.67 bits per heavy atom. The van der Waals surface area contributed by atoms with Crippen LogP contribution in [0, 0.1) is 0 Å². The maximum atomic E-state index is 11.4. The maximum absolute atomic E-state index is 11.4. The van der Waals surface area contributed by atoms with E-state index >= 15 is 0 Å². The second kappa shape index (κ2) is 9.46. The number of hydrogen-bond acceptors (Lipinski definition) is 7. The molecule has 1 amide bonds. The number of rotatable bonds is 9. The highest BCUT2D eigenvalue weighted by Gasteiger charge is 2.12. The number of nitrogens with one attached hydrogen (secondary N) is 1. The molecule has 0 bridgehead atoms. The normalized spacial score (nSPS) is 10.4. The lowest BCUT2D eigenvalue weighted by molar-refractivity contribution is -0.136. The lowest BCUT2D eigenvalue weighted by Gasteiger charge is -2.20. The fraction of sp³-hybridized carbons (Fsp3) is 0.190. The lowest BCUT2D eigenvalue weighted by atomic mass is 10.1. The van der Waals surface area contributed by atoms with Crippen molar-refractivity contribution in [2.75, 3.05) is 23.8 Å². The van der Waals surface area contributed by atoms with E-state index in [0.29, 0.717) is 35.3 Å². The van der Waals surface area contributed by atoms with Crippen LogP contribution in [0.15, 0.2) is 54.7 Å². The molecule has 3 rings (SSSR count). The summed E-state index contributed by atoms with van der Waals surface area (Å²) in [7, 11) is 1.86. The Morgan fingerprint density at radius 1 is 1.13 bits per heavy atom. The fourth-order valence-corrected chi connectivity index (χ4v) is 2.81. The molecule has 30 heavy (non-hydrogen) atoms. The molecule has 4 N–H and O–H groups in total. The highest BCUT2D eigenvalue weighted by atomic mass is 16.4. The maximum Gasteiger partial charge on any atom is 0.305 e. The number of primary amides is 1. The standard InChI is InChI=1S/C21H22N6O3/c1-27(13-14-5-4-6-15(11-14)20(22)30)18-12-17(24-10-8-19(28)29)25-21(26-18)16-7-2-3-9-23-16/h2-7,9,11-12H,8,10,13H2,1H3,(H2,22,30)(H,28,29)(H,24,25,26). The van der Waals surface area contributed by atoms with Gasteiger partial charge in [0.1, 0.15) is 17.3 Å². The van der Waals surface area contributed by atoms with Crippen LogP contribution in [0.1, 0.15) is 22.3 Å². The molecule has 0 aliphatic rings. The third kappa shape index (κ3) is 5.51. The number of carboxylic acids is 1. The van der Waals surface area contributed by atoms with E-state index < -0.39 is 11.9 Å². The lowest BCUT2D eigenvalue weighted by Crippen LogP contribution is -2.20. The van der Waals surface area contributed by atoms with Crippen molar-refractivity contribution in [3.8, 4) is 11.5 Å². The number of carbonyl (C=O) groups excluding carboxylic acids is 1. The van der Waals surface area contributed by atoms with E-state index in [1.54, 1.807) is 42.6 Å². The van der Waals surface area contributed by atoms with Crippen molar-refractivity contribution >= 4 is 23.5 Å². The van der Waals surface area contributed by atoms with Crippen molar-refractivity contribution in [2.45, 2.75) is 13.0 Å². The molecule has 0 saturated carbocycles. The largest absolute Gasteiger partial charge is 0.481 e. The zero-order valence-electron chi connectivity index (χ0n) is 16.4. The second-order valence-corrected chi connectivity index (χ2v) is 6.64. The average Bonchev–Trinajstić information content (AvgIpc) is 2.74. The van der Waals surface area contributed by atoms with E-state index in [1.807, 2.05) is 24.1 Å². The Kier molecular flexibility index (Phi) is 6.53. The van der Waals surface area contributed by atoms with E-state index in [1.165, 1.54) is 0 Å². The molecule has 3 aromatic rings. The molecule has 0 aliphatic heterocycles. The molecule has 2 heterocycles. The van der Waals surface area contributed by atoms with Gasteiger partial charge in [-0.15, -0.1) is 0 Å². The van der Waals surface area contributed by atoms with Gasteiger partial charge in [0, 0.05) is 38.0 Å². The van der Waals surface area contributed by atoms with Gasteiger partial charge in [0.25, 0.3) is 0 Å². The summed E-state index contributed by atoms with van der Waals surface area (Å²) >= 11 is 0. The molecule has 9 nitrogen and oxygen atoms in total. The summed E-state index contributed by atoms with van der Waals surface area (Å²) in [6, 6.07) is 14.3. The molecule has 0 unspecified atom stereocenters. The minimum Gasteiger partial charge on any atom is -0.481 e. The first kappa shape index (κ1) is 20.7. The van der Waals surface area contributed by atoms with Gasteiger partial charge < -0.3 is 21.1 Å². The van der Waals surface area contributed by atoms with Gasteiger partial charge in [-0.05, 0) is 29.8 Å². The SMILES string of the molecule is CN(Cc1cccc(C(N)=O)c1)c1cc(NCCC(=O)O)nc(-c2ccccn2)n1. The molecule has 0 saturated heterocycles. The van der Waals surface area contributed by atoms with Crippen molar-refractivity contribution in [1.82, 2.24) is 15.0 Å². The minimum atomic E-state index is -0.895. The summed E-state index contributed by atoms with van der Waals surface area (Å²) in [5, 5.41) is 11.9. The van der Waals surface area contributed by atoms with Crippen LogP contribution in [0.2, 0.25) is 0 Å². The van der Waals surface area contributed by atoms with E-state index in [0.717, 1.165) is 5.56 Å². The molecule has 0 fully saturated rings. The van der Waals surface area contributed by atoms with Crippen LogP contribution in [-0.4, -0.2) is 45.5 Å². The Bertz CT molecular complexity index is 1040. The summed E-state index contributed by atoms with van der Waals surface area (Å²) in [6.45, 7) is 0.714. The average molecular weight is 406 g/mol. The molecule has 9 heteroatoms. The predicted molar refractivity (Wildman–Crippen MR) is 113 cm³/mol. The third-order valence-electron chi connectivity index (χ3n) is 4.27. The molecule has 0 aliphatic carbocycles. The van der Waals surface area contributed by atoms with Gasteiger partial charge in [-0.2, -0.15) is 0 Å². The molecular weight excluding hydrogens is 384 g/mol. The molecule has 0 radical (unpaired) electrons. The first-order valence-electron chi connectivity index (χ1n) is 9.28. The van der Waals surface area contributed by atoms with E-state index in [-0.39, 0.29) is 13.0 Å². The molecule has 1 aromatic carbocycles. The number of aliphatic carboxylic acids is 1. The van der Waals surface area contributed by atoms with Crippen LogP contribution >= 0.6 is 0 Å². The van der Waals surface area contributed by atoms with Gasteiger partial charge in [0.05, 0.1) is 6.42 Å². The highest BCUT2D eigenvalue weighted by Crippen LogP contribution is 2.22. The summed E-state index contributed by atoms with van der Waals surface area (Å²) in [5.41, 5.74) is 7.30. The van der Waals surface area contributed by atoms with E-state index in [2.05, 4.69) is 20.3 Å². The highest BCUT2D eigenvalue weighted by molar-refractivity contribution is 5.92. The zero-order valence-corrected chi connectivity index (χ0v) is 16.4. The summed E-state index contributed by atoms with van der Waals surface area (Å²) < 4.78 is 0. The van der Waals surface area contributed by atoms with Crippen LogP contribution in [0.25, 0.3) is 11.5 Å². The number of carboxylic acid groups (broad SMARTS) is 1. The van der Waals surface area contributed by atoms with Gasteiger partial charge in [-0.3, -0.25) is 14.6 Å². The van der Waals surface area contributed by atoms with Crippen LogP contribution < -0.4 is 16.0 Å². The predicted octanol–water partition coefficient (Wildman–Crippen LogP) is 2.16. The van der Waals surface area contributed by atoms with Gasteiger partial charge in [-0.1, -0.05) is 18.2 Å². The first-order chi connectivity index (χ1) is 14.4. The van der Waals surface area contributed by atoms with Crippen molar-refractivity contribution in [3.63, 3.8) is 0 Å². The molecular formula is C21H22N6O3. The summed E-state index contributed by atoms with van der Waals surface area (Å²) in [6.07, 6.45) is 1.62. The fourth-order valence-electron chi connectivity index (χ4n) is 2.81. The number of anilines is 2. The van der Waals surface area contributed by atoms with Gasteiger partial charge >= 0.3 is 5.97 Å². The molecule has 154 valence electrons. The quantitative estimate of drug-likeness (QED) is 0.492. The number of benzene rings is 1. The minimum absolute atomic E-state index is 0.0337. The number of hydrogen-bond donors (Lipinski definition) is 3. The van der Waals surface area contributed by atoms with Gasteiger partial charge in [-0.25, -0.2) is 9.97 Å². The first-order valence-corrected chi connectivity index (χ1v) is 9.28. The number of aromatic nitrogens is 3. The molecule has 2 aromatic heterocycles. The Morgan fingerprint density at radius 2 is 1.97 bits per heavy atom. The van der Waals surface area contributed by atoms with E-state index in [9.17, 15) is 9.59 Å². The summed E-state index contributed by atoms with van der Waals surface area (Å²) in [4.78, 5) is 37.5. The molecule has 0 atom stereocenters. The van der Waals surface area contributed by atoms with E-state index in [4.69, 9.17) is 10.8 Å². The number of carbonyl (C=O) groups is 2. The number of nitrogens with two attached hydrogens (primary N) is 1. The molecule has 0 spiro atoms. The van der Waals surface area contributed by atoms with Crippen LogP contribution in [0.5, 0.6) is 0 Å².